The molecule has 0 saturated heterocycles. The first-order valence-corrected chi connectivity index (χ1v) is 9.33. The van der Waals surface area contributed by atoms with E-state index >= 15 is 0 Å². The highest BCUT2D eigenvalue weighted by Crippen LogP contribution is 2.32. The van der Waals surface area contributed by atoms with Crippen molar-refractivity contribution in [2.24, 2.45) is 5.92 Å². The van der Waals surface area contributed by atoms with Crippen LogP contribution in [0, 0.1) is 18.7 Å². The maximum absolute atomic E-state index is 14.1. The number of nitrogens with zero attached hydrogens (tertiary/aromatic N) is 3. The molecule has 2 atom stereocenters. The van der Waals surface area contributed by atoms with Crippen LogP contribution in [0.2, 0.25) is 0 Å². The van der Waals surface area contributed by atoms with Crippen LogP contribution in [0.4, 0.5) is 10.1 Å². The number of nitrogens with one attached hydrogen (secondary N) is 2. The topological polar surface area (TPSA) is 98.1 Å². The molecule has 2 N–H and O–H groups in total. The summed E-state index contributed by atoms with van der Waals surface area (Å²) in [5.74, 6) is -0.273. The molecular formula is C19H22FN5O3. The van der Waals surface area contributed by atoms with Crippen molar-refractivity contribution < 1.29 is 18.7 Å². The van der Waals surface area contributed by atoms with E-state index in [9.17, 15) is 14.0 Å². The van der Waals surface area contributed by atoms with E-state index in [1.807, 2.05) is 0 Å². The Morgan fingerprint density at radius 1 is 1.43 bits per heavy atom. The molecule has 1 aromatic carbocycles. The van der Waals surface area contributed by atoms with E-state index in [-0.39, 0.29) is 29.9 Å². The Morgan fingerprint density at radius 3 is 2.96 bits per heavy atom. The van der Waals surface area contributed by atoms with E-state index in [0.717, 1.165) is 18.7 Å². The van der Waals surface area contributed by atoms with Crippen molar-refractivity contribution in [1.82, 2.24) is 20.1 Å². The molecular weight excluding hydrogens is 365 g/mol. The Balaban J connectivity index is 1.49. The Kier molecular flexibility index (Phi) is 4.52. The number of amides is 2. The summed E-state index contributed by atoms with van der Waals surface area (Å²) < 4.78 is 21.5. The second-order valence-corrected chi connectivity index (χ2v) is 7.59. The molecule has 28 heavy (non-hydrogen) atoms. The van der Waals surface area contributed by atoms with E-state index in [2.05, 4.69) is 34.6 Å². The number of anilines is 1. The molecule has 0 fully saturated rings. The van der Waals surface area contributed by atoms with Gasteiger partial charge in [0.1, 0.15) is 29.9 Å². The lowest BCUT2D eigenvalue weighted by Crippen LogP contribution is -2.46. The lowest BCUT2D eigenvalue weighted by molar-refractivity contribution is -0.118. The molecule has 2 amide bonds. The fraction of sp³-hybridized carbons (Fsp3) is 0.474. The number of ether oxygens (including phenoxy) is 1. The molecule has 3 heterocycles. The van der Waals surface area contributed by atoms with Crippen molar-refractivity contribution in [3.63, 3.8) is 0 Å². The molecule has 2 aliphatic rings. The van der Waals surface area contributed by atoms with Crippen LogP contribution in [0.15, 0.2) is 12.1 Å². The largest absolute Gasteiger partial charge is 0.489 e. The maximum atomic E-state index is 14.1. The van der Waals surface area contributed by atoms with Crippen LogP contribution in [0.25, 0.3) is 0 Å². The van der Waals surface area contributed by atoms with Gasteiger partial charge in [0, 0.05) is 6.42 Å². The molecule has 0 saturated carbocycles. The second kappa shape index (κ2) is 6.88. The number of rotatable bonds is 3. The SMILES string of the molecule is Cc1cc(F)c2c(c1)OC[C@H](NC(=O)c1nc3n(n1)C(C(C)C)CC3)C(=O)N2. The summed E-state index contributed by atoms with van der Waals surface area (Å²) in [7, 11) is 0. The van der Waals surface area contributed by atoms with Gasteiger partial charge in [0.15, 0.2) is 5.82 Å². The molecule has 0 radical (unpaired) electrons. The van der Waals surface area contributed by atoms with Crippen molar-refractivity contribution in [1.29, 1.82) is 0 Å². The predicted octanol–water partition coefficient (Wildman–Crippen LogP) is 2.00. The summed E-state index contributed by atoms with van der Waals surface area (Å²) in [4.78, 5) is 29.3. The Bertz CT molecular complexity index is 955. The van der Waals surface area contributed by atoms with Gasteiger partial charge in [-0.05, 0) is 37.0 Å². The average molecular weight is 387 g/mol. The van der Waals surface area contributed by atoms with Crippen LogP contribution in [0.3, 0.4) is 0 Å². The first-order chi connectivity index (χ1) is 13.3. The third-order valence-corrected chi connectivity index (χ3v) is 5.13. The zero-order chi connectivity index (χ0) is 20.0. The molecule has 148 valence electrons. The molecule has 8 nitrogen and oxygen atoms in total. The number of aromatic nitrogens is 3. The Labute approximate surface area is 161 Å². The van der Waals surface area contributed by atoms with Crippen LogP contribution in [-0.4, -0.2) is 39.2 Å². The fourth-order valence-corrected chi connectivity index (χ4v) is 3.64. The standard InChI is InChI=1S/C19H22FN5O3/c1-9(2)13-4-5-15-22-17(24-25(13)15)19(27)21-12-8-28-14-7-10(3)6-11(20)16(14)23-18(12)26/h6-7,9,12-13H,4-5,8H2,1-3H3,(H,21,27)(H,23,26)/t12-,13?/m0/s1. The monoisotopic (exact) mass is 387 g/mol. The first kappa shape index (κ1) is 18.4. The summed E-state index contributed by atoms with van der Waals surface area (Å²) in [5.41, 5.74) is 0.649. The first-order valence-electron chi connectivity index (χ1n) is 9.33. The van der Waals surface area contributed by atoms with Gasteiger partial charge < -0.3 is 15.4 Å². The second-order valence-electron chi connectivity index (χ2n) is 7.59. The summed E-state index contributed by atoms with van der Waals surface area (Å²) in [6.45, 7) is 5.82. The normalized spacial score (nSPS) is 20.8. The summed E-state index contributed by atoms with van der Waals surface area (Å²) >= 11 is 0. The van der Waals surface area contributed by atoms with Gasteiger partial charge in [0.2, 0.25) is 5.82 Å². The van der Waals surface area contributed by atoms with E-state index in [1.165, 1.54) is 6.07 Å². The summed E-state index contributed by atoms with van der Waals surface area (Å²) in [6, 6.07) is 2.17. The number of carbonyl (C=O) groups is 2. The quantitative estimate of drug-likeness (QED) is 0.839. The summed E-state index contributed by atoms with van der Waals surface area (Å²) in [5, 5.41) is 9.41. The number of hydrogen-bond acceptors (Lipinski definition) is 5. The van der Waals surface area contributed by atoms with Gasteiger partial charge >= 0.3 is 0 Å². The zero-order valence-electron chi connectivity index (χ0n) is 16.0. The fourth-order valence-electron chi connectivity index (χ4n) is 3.64. The molecule has 0 spiro atoms. The maximum Gasteiger partial charge on any atom is 0.291 e. The molecule has 1 unspecified atom stereocenters. The minimum absolute atomic E-state index is 0.0220. The molecule has 0 bridgehead atoms. The molecule has 1 aromatic heterocycles. The minimum atomic E-state index is -0.987. The highest BCUT2D eigenvalue weighted by molar-refractivity contribution is 6.01. The van der Waals surface area contributed by atoms with Gasteiger partial charge in [-0.25, -0.2) is 14.1 Å². The molecule has 4 rings (SSSR count). The van der Waals surface area contributed by atoms with Crippen molar-refractivity contribution in [3.8, 4) is 5.75 Å². The van der Waals surface area contributed by atoms with Gasteiger partial charge in [0.05, 0.1) is 6.04 Å². The third kappa shape index (κ3) is 3.21. The average Bonchev–Trinajstić information content (AvgIpc) is 3.16. The predicted molar refractivity (Wildman–Crippen MR) is 98.7 cm³/mol. The number of fused-ring (bicyclic) bond motifs is 2. The van der Waals surface area contributed by atoms with E-state index in [4.69, 9.17) is 4.74 Å². The third-order valence-electron chi connectivity index (χ3n) is 5.13. The number of halogens is 1. The number of benzene rings is 1. The number of aryl methyl sites for hydroxylation is 2. The van der Waals surface area contributed by atoms with Gasteiger partial charge in [-0.2, -0.15) is 0 Å². The minimum Gasteiger partial charge on any atom is -0.489 e. The molecule has 2 aromatic rings. The summed E-state index contributed by atoms with van der Waals surface area (Å²) in [6.07, 6.45) is 1.72. The van der Waals surface area contributed by atoms with Gasteiger partial charge in [-0.3, -0.25) is 9.59 Å². The molecule has 2 aliphatic heterocycles. The van der Waals surface area contributed by atoms with Gasteiger partial charge in [-0.1, -0.05) is 13.8 Å². The Morgan fingerprint density at radius 2 is 2.21 bits per heavy atom. The molecule has 9 heteroatoms. The van der Waals surface area contributed by atoms with Crippen LogP contribution in [0.5, 0.6) is 5.75 Å². The van der Waals surface area contributed by atoms with E-state index in [1.54, 1.807) is 17.7 Å². The highest BCUT2D eigenvalue weighted by atomic mass is 19.1. The smallest absolute Gasteiger partial charge is 0.291 e. The number of hydrogen-bond donors (Lipinski definition) is 2. The lowest BCUT2D eigenvalue weighted by Gasteiger charge is -2.15. The zero-order valence-corrected chi connectivity index (χ0v) is 16.0. The van der Waals surface area contributed by atoms with Crippen molar-refractivity contribution in [2.45, 2.75) is 45.7 Å². The van der Waals surface area contributed by atoms with Gasteiger partial charge in [0.25, 0.3) is 11.8 Å². The van der Waals surface area contributed by atoms with Crippen LogP contribution in [-0.2, 0) is 11.2 Å². The van der Waals surface area contributed by atoms with Crippen molar-refractivity contribution >= 4 is 17.5 Å². The van der Waals surface area contributed by atoms with Gasteiger partial charge in [-0.15, -0.1) is 5.10 Å². The van der Waals surface area contributed by atoms with Crippen LogP contribution < -0.4 is 15.4 Å². The Hall–Kier alpha value is -2.97. The van der Waals surface area contributed by atoms with E-state index < -0.39 is 23.7 Å². The van der Waals surface area contributed by atoms with Crippen molar-refractivity contribution in [2.75, 3.05) is 11.9 Å². The van der Waals surface area contributed by atoms with Crippen molar-refractivity contribution in [3.05, 3.63) is 35.2 Å². The van der Waals surface area contributed by atoms with Crippen LogP contribution in [0.1, 0.15) is 48.3 Å². The number of carbonyl (C=O) groups excluding carboxylic acids is 2. The highest BCUT2D eigenvalue weighted by Gasteiger charge is 2.32. The molecule has 0 aliphatic carbocycles. The van der Waals surface area contributed by atoms with E-state index in [0.29, 0.717) is 11.5 Å². The van der Waals surface area contributed by atoms with Crippen LogP contribution >= 0.6 is 0 Å². The lowest BCUT2D eigenvalue weighted by atomic mass is 10.0.